The van der Waals surface area contributed by atoms with Crippen molar-refractivity contribution in [2.24, 2.45) is 0 Å². The van der Waals surface area contributed by atoms with E-state index in [0.29, 0.717) is 23.7 Å². The lowest BCUT2D eigenvalue weighted by Crippen LogP contribution is -2.37. The first-order chi connectivity index (χ1) is 32.1. The number of aliphatic hydroxyl groups excluding tert-OH is 1. The molecule has 0 unspecified atom stereocenters. The largest absolute Gasteiger partial charge is 0.497 e. The molecule has 3 heterocycles. The minimum atomic E-state index is -3.95. The van der Waals surface area contributed by atoms with Gasteiger partial charge in [0.25, 0.3) is 20.0 Å². The van der Waals surface area contributed by atoms with Crippen molar-refractivity contribution in [3.05, 3.63) is 143 Å². The van der Waals surface area contributed by atoms with Crippen molar-refractivity contribution < 1.29 is 40.9 Å². The van der Waals surface area contributed by atoms with Gasteiger partial charge in [0.15, 0.2) is 10.1 Å². The number of hydrogen-bond donors (Lipinski definition) is 1. The molecule has 7 rings (SSSR count). The van der Waals surface area contributed by atoms with Crippen LogP contribution in [0.1, 0.15) is 79.8 Å². The minimum Gasteiger partial charge on any atom is -0.497 e. The maximum atomic E-state index is 13.9. The van der Waals surface area contributed by atoms with Gasteiger partial charge in [-0.05, 0) is 118 Å². The van der Waals surface area contributed by atoms with Gasteiger partial charge in [0.2, 0.25) is 0 Å². The lowest BCUT2D eigenvalue weighted by atomic mass is 10.2. The van der Waals surface area contributed by atoms with Gasteiger partial charge in [-0.2, -0.15) is 18.8 Å². The van der Waals surface area contributed by atoms with Gasteiger partial charge < -0.3 is 24.1 Å². The van der Waals surface area contributed by atoms with Crippen LogP contribution >= 0.6 is 0 Å². The first-order valence-corrected chi connectivity index (χ1v) is 25.0. The number of rotatable bonds is 21. The first-order valence-electron chi connectivity index (χ1n) is 22.1. The van der Waals surface area contributed by atoms with Crippen LogP contribution in [0.15, 0.2) is 119 Å². The third-order valence-corrected chi connectivity index (χ3v) is 14.7. The lowest BCUT2D eigenvalue weighted by molar-refractivity contribution is 0.166. The number of sulfonamides is 2. The Balaban J connectivity index is 0.000000222. The van der Waals surface area contributed by atoms with Gasteiger partial charge in [-0.3, -0.25) is 14.3 Å². The highest BCUT2D eigenvalue weighted by Gasteiger charge is 2.31. The summed E-state index contributed by atoms with van der Waals surface area (Å²) in [6, 6.07) is 32.6. The van der Waals surface area contributed by atoms with Crippen LogP contribution in [0.5, 0.6) is 23.0 Å². The molecule has 0 radical (unpaired) electrons. The summed E-state index contributed by atoms with van der Waals surface area (Å²) in [6.07, 6.45) is 1.18. The molecule has 0 atom stereocenters. The standard InChI is InChI=1S/C26H34N4O4S.C23H29N3O5S/c1-20(2)30-23(19-28-14-5-15-28)16-26(27-30)35(31,32)29(17-21-6-10-24(33-3)11-7-21)18-22-8-12-25(34-4)13-9-22;1-17(2)26-20(16-27)13-23(24-26)32(28,29)25(14-18-5-9-21(30-3)10-6-18)15-19-7-11-22(31-4)12-8-19/h6-13,16,20H,5,14-15,17-19H2,1-4H3;5-13,17,27H,14-16H2,1-4H3. The Morgan fingerprint density at radius 2 is 0.821 bits per heavy atom. The summed E-state index contributed by atoms with van der Waals surface area (Å²) < 4.78 is 82.2. The minimum absolute atomic E-state index is 0.0619. The van der Waals surface area contributed by atoms with Crippen molar-refractivity contribution in [1.29, 1.82) is 0 Å². The Bertz CT molecular complexity index is 2620. The fourth-order valence-corrected chi connectivity index (χ4v) is 10.2. The molecule has 1 N–H and O–H groups in total. The predicted molar refractivity (Wildman–Crippen MR) is 256 cm³/mol. The van der Waals surface area contributed by atoms with Crippen LogP contribution in [0.3, 0.4) is 0 Å². The summed E-state index contributed by atoms with van der Waals surface area (Å²) in [5.74, 6) is 2.84. The Hall–Kier alpha value is -5.76. The third kappa shape index (κ3) is 12.8. The molecule has 0 aliphatic carbocycles. The molecule has 1 aliphatic heterocycles. The van der Waals surface area contributed by atoms with Crippen LogP contribution in [0.4, 0.5) is 0 Å². The SMILES string of the molecule is COc1ccc(CN(Cc2ccc(OC)cc2)S(=O)(=O)c2cc(CN3CCC3)n(C(C)C)n2)cc1.COc1ccc(CN(Cc2ccc(OC)cc2)S(=O)(=O)c2cc(CO)n(C(C)C)n2)cc1. The van der Waals surface area contributed by atoms with Gasteiger partial charge in [0.05, 0.1) is 46.4 Å². The summed E-state index contributed by atoms with van der Waals surface area (Å²) in [5, 5.41) is 18.5. The molecule has 1 fully saturated rings. The molecule has 6 aromatic rings. The van der Waals surface area contributed by atoms with Crippen LogP contribution in [0, 0.1) is 0 Å². The summed E-state index contributed by atoms with van der Waals surface area (Å²) in [4.78, 5) is 2.30. The zero-order chi connectivity index (χ0) is 48.3. The van der Waals surface area contributed by atoms with E-state index in [0.717, 1.165) is 52.5 Å². The van der Waals surface area contributed by atoms with E-state index in [-0.39, 0.29) is 54.9 Å². The fourth-order valence-electron chi connectivity index (χ4n) is 7.42. The zero-order valence-electron chi connectivity index (χ0n) is 39.6. The molecular formula is C49H63N7O9S2. The molecular weight excluding hydrogens is 895 g/mol. The van der Waals surface area contributed by atoms with E-state index < -0.39 is 20.0 Å². The van der Waals surface area contributed by atoms with Gasteiger partial charge in [-0.1, -0.05) is 48.5 Å². The maximum absolute atomic E-state index is 13.9. The topological polar surface area (TPSA) is 171 Å². The first kappa shape index (κ1) is 50.6. The van der Waals surface area contributed by atoms with E-state index in [2.05, 4.69) is 15.1 Å². The second-order valence-electron chi connectivity index (χ2n) is 16.8. The quantitative estimate of drug-likeness (QED) is 0.0758. The number of hydrogen-bond acceptors (Lipinski definition) is 12. The smallest absolute Gasteiger partial charge is 0.263 e. The lowest BCUT2D eigenvalue weighted by Gasteiger charge is -2.30. The summed E-state index contributed by atoms with van der Waals surface area (Å²) in [7, 11) is -1.43. The second kappa shape index (κ2) is 22.8. The number of aromatic nitrogens is 4. The van der Waals surface area contributed by atoms with Crippen LogP contribution in [0.25, 0.3) is 0 Å². The van der Waals surface area contributed by atoms with Crippen molar-refractivity contribution >= 4 is 20.0 Å². The average Bonchev–Trinajstić information content (AvgIpc) is 3.98. The van der Waals surface area contributed by atoms with Gasteiger partial charge >= 0.3 is 0 Å². The van der Waals surface area contributed by atoms with E-state index >= 15 is 0 Å². The zero-order valence-corrected chi connectivity index (χ0v) is 41.2. The van der Waals surface area contributed by atoms with Gasteiger partial charge in [0.1, 0.15) is 23.0 Å². The molecule has 16 nitrogen and oxygen atoms in total. The van der Waals surface area contributed by atoms with E-state index in [1.165, 1.54) is 25.8 Å². The molecule has 18 heteroatoms. The van der Waals surface area contributed by atoms with Crippen LogP contribution in [-0.4, -0.2) is 96.5 Å². The monoisotopic (exact) mass is 957 g/mol. The highest BCUT2D eigenvalue weighted by Crippen LogP contribution is 2.28. The molecule has 67 heavy (non-hydrogen) atoms. The van der Waals surface area contributed by atoms with Gasteiger partial charge in [0, 0.05) is 56.9 Å². The number of methoxy groups -OCH3 is 4. The Labute approximate surface area is 395 Å². The highest BCUT2D eigenvalue weighted by molar-refractivity contribution is 7.89. The average molecular weight is 958 g/mol. The Kier molecular flexibility index (Phi) is 17.3. The van der Waals surface area contributed by atoms with E-state index in [9.17, 15) is 21.9 Å². The molecule has 0 amide bonds. The summed E-state index contributed by atoms with van der Waals surface area (Å²) in [6.45, 7) is 11.0. The number of aliphatic hydroxyl groups is 1. The van der Waals surface area contributed by atoms with Crippen molar-refractivity contribution in [2.45, 2.75) is 95.6 Å². The molecule has 0 bridgehead atoms. The Morgan fingerprint density at radius 1 is 0.522 bits per heavy atom. The maximum Gasteiger partial charge on any atom is 0.263 e. The highest BCUT2D eigenvalue weighted by atomic mass is 32.2. The van der Waals surface area contributed by atoms with Crippen molar-refractivity contribution in [2.75, 3.05) is 41.5 Å². The molecule has 4 aromatic carbocycles. The summed E-state index contributed by atoms with van der Waals surface area (Å²) >= 11 is 0. The second-order valence-corrected chi connectivity index (χ2v) is 20.5. The number of likely N-dealkylation sites (tertiary alicyclic amines) is 1. The van der Waals surface area contributed by atoms with Crippen LogP contribution < -0.4 is 18.9 Å². The van der Waals surface area contributed by atoms with Crippen molar-refractivity contribution in [3.63, 3.8) is 0 Å². The van der Waals surface area contributed by atoms with Crippen LogP contribution in [0.2, 0.25) is 0 Å². The molecule has 360 valence electrons. The summed E-state index contributed by atoms with van der Waals surface area (Å²) in [5.41, 5.74) is 4.74. The third-order valence-electron chi connectivity index (χ3n) is 11.3. The molecule has 2 aromatic heterocycles. The molecule has 1 aliphatic rings. The van der Waals surface area contributed by atoms with Gasteiger partial charge in [-0.25, -0.2) is 16.8 Å². The van der Waals surface area contributed by atoms with E-state index in [1.807, 2.05) is 105 Å². The predicted octanol–water partition coefficient (Wildman–Crippen LogP) is 7.44. The van der Waals surface area contributed by atoms with E-state index in [1.54, 1.807) is 58.8 Å². The Morgan fingerprint density at radius 3 is 1.06 bits per heavy atom. The van der Waals surface area contributed by atoms with Crippen LogP contribution in [-0.2, 0) is 59.4 Å². The fraction of sp³-hybridized carbons (Fsp3) is 0.388. The molecule has 0 spiro atoms. The van der Waals surface area contributed by atoms with Gasteiger partial charge in [-0.15, -0.1) is 0 Å². The van der Waals surface area contributed by atoms with E-state index in [4.69, 9.17) is 18.9 Å². The number of ether oxygens (including phenoxy) is 4. The number of benzene rings is 4. The van der Waals surface area contributed by atoms with Crippen molar-refractivity contribution in [3.8, 4) is 23.0 Å². The molecule has 0 saturated carbocycles. The molecule has 1 saturated heterocycles. The van der Waals surface area contributed by atoms with Crippen molar-refractivity contribution in [1.82, 2.24) is 33.1 Å². The normalized spacial score (nSPS) is 13.1. The number of nitrogens with zero attached hydrogens (tertiary/aromatic N) is 7.